The Balaban J connectivity index is 1.47. The summed E-state index contributed by atoms with van der Waals surface area (Å²) in [6.07, 6.45) is 0.741. The van der Waals surface area contributed by atoms with E-state index in [2.05, 4.69) is 0 Å². The van der Waals surface area contributed by atoms with Crippen molar-refractivity contribution in [2.45, 2.75) is 34.1 Å². The molecule has 6 nitrogen and oxygen atoms in total. The SMILES string of the molecule is Cc1ccc(OCC(=O)N2CCCN(C(=O)COc3ccc(C)cc3C)CC2)c(C)c1. The highest BCUT2D eigenvalue weighted by Gasteiger charge is 2.23. The third kappa shape index (κ3) is 6.23. The lowest BCUT2D eigenvalue weighted by atomic mass is 10.1. The van der Waals surface area contributed by atoms with E-state index in [0.29, 0.717) is 26.2 Å². The molecule has 0 radical (unpaired) electrons. The molecule has 0 bridgehead atoms. The lowest BCUT2D eigenvalue weighted by Gasteiger charge is -2.22. The van der Waals surface area contributed by atoms with Crippen LogP contribution in [0.5, 0.6) is 11.5 Å². The number of rotatable bonds is 6. The fourth-order valence-electron chi connectivity index (χ4n) is 3.80. The second-order valence-electron chi connectivity index (χ2n) is 8.23. The van der Waals surface area contributed by atoms with Crippen LogP contribution >= 0.6 is 0 Å². The van der Waals surface area contributed by atoms with Crippen molar-refractivity contribution in [3.63, 3.8) is 0 Å². The Hall–Kier alpha value is -3.02. The number of ether oxygens (including phenoxy) is 2. The van der Waals surface area contributed by atoms with Gasteiger partial charge in [0.25, 0.3) is 11.8 Å². The van der Waals surface area contributed by atoms with Crippen LogP contribution in [0.3, 0.4) is 0 Å². The maximum absolute atomic E-state index is 12.6. The Morgan fingerprint density at radius 3 is 1.52 bits per heavy atom. The Kier molecular flexibility index (Phi) is 7.55. The van der Waals surface area contributed by atoms with E-state index in [1.165, 1.54) is 0 Å². The van der Waals surface area contributed by atoms with E-state index in [9.17, 15) is 9.59 Å². The number of hydrogen-bond donors (Lipinski definition) is 0. The molecular formula is C25H32N2O4. The minimum Gasteiger partial charge on any atom is -0.484 e. The first-order chi connectivity index (χ1) is 14.8. The van der Waals surface area contributed by atoms with Gasteiger partial charge >= 0.3 is 0 Å². The molecule has 2 amide bonds. The summed E-state index contributed by atoms with van der Waals surface area (Å²) >= 11 is 0. The highest BCUT2D eigenvalue weighted by Crippen LogP contribution is 2.20. The lowest BCUT2D eigenvalue weighted by Crippen LogP contribution is -2.40. The molecule has 1 heterocycles. The monoisotopic (exact) mass is 424 g/mol. The average Bonchev–Trinajstić information content (AvgIpc) is 2.98. The van der Waals surface area contributed by atoms with Gasteiger partial charge in [0.2, 0.25) is 0 Å². The van der Waals surface area contributed by atoms with Crippen molar-refractivity contribution in [2.75, 3.05) is 39.4 Å². The van der Waals surface area contributed by atoms with Gasteiger partial charge in [-0.3, -0.25) is 9.59 Å². The number of carbonyl (C=O) groups is 2. The topological polar surface area (TPSA) is 59.1 Å². The summed E-state index contributed by atoms with van der Waals surface area (Å²) in [5, 5.41) is 0. The predicted molar refractivity (Wildman–Crippen MR) is 121 cm³/mol. The first-order valence-corrected chi connectivity index (χ1v) is 10.8. The zero-order valence-corrected chi connectivity index (χ0v) is 18.9. The number of hydrogen-bond acceptors (Lipinski definition) is 4. The highest BCUT2D eigenvalue weighted by molar-refractivity contribution is 5.79. The van der Waals surface area contributed by atoms with Gasteiger partial charge in [-0.25, -0.2) is 0 Å². The fourth-order valence-corrected chi connectivity index (χ4v) is 3.80. The van der Waals surface area contributed by atoms with Crippen molar-refractivity contribution in [3.8, 4) is 11.5 Å². The summed E-state index contributed by atoms with van der Waals surface area (Å²) in [4.78, 5) is 28.8. The van der Waals surface area contributed by atoms with Gasteiger partial charge < -0.3 is 19.3 Å². The van der Waals surface area contributed by atoms with Crippen LogP contribution in [0.1, 0.15) is 28.7 Å². The smallest absolute Gasteiger partial charge is 0.260 e. The largest absolute Gasteiger partial charge is 0.484 e. The van der Waals surface area contributed by atoms with Crippen molar-refractivity contribution in [1.29, 1.82) is 0 Å². The minimum absolute atomic E-state index is 0.00760. The van der Waals surface area contributed by atoms with Crippen LogP contribution in [-0.4, -0.2) is 61.0 Å². The van der Waals surface area contributed by atoms with E-state index in [1.807, 2.05) is 64.1 Å². The Bertz CT molecular complexity index is 866. The van der Waals surface area contributed by atoms with Gasteiger partial charge in [-0.05, 0) is 57.4 Å². The molecule has 0 atom stereocenters. The van der Waals surface area contributed by atoms with Crippen molar-refractivity contribution in [1.82, 2.24) is 9.80 Å². The summed E-state index contributed by atoms with van der Waals surface area (Å²) in [5.74, 6) is 1.35. The summed E-state index contributed by atoms with van der Waals surface area (Å²) in [7, 11) is 0. The van der Waals surface area contributed by atoms with Gasteiger partial charge in [0.05, 0.1) is 0 Å². The predicted octanol–water partition coefficient (Wildman–Crippen LogP) is 3.44. The van der Waals surface area contributed by atoms with E-state index in [-0.39, 0.29) is 25.0 Å². The quantitative estimate of drug-likeness (QED) is 0.713. The first kappa shape index (κ1) is 22.7. The fraction of sp³-hybridized carbons (Fsp3) is 0.440. The van der Waals surface area contributed by atoms with Crippen LogP contribution in [0, 0.1) is 27.7 Å². The second kappa shape index (κ2) is 10.3. The molecule has 0 aliphatic carbocycles. The standard InChI is InChI=1S/C25H32N2O4/c1-18-6-8-22(20(3)14-18)30-16-24(28)26-10-5-11-27(13-12-26)25(29)17-31-23-9-7-19(2)15-21(23)4/h6-9,14-15H,5,10-13,16-17H2,1-4H3. The number of aryl methyl sites for hydroxylation is 4. The maximum atomic E-state index is 12.6. The summed E-state index contributed by atoms with van der Waals surface area (Å²) in [6.45, 7) is 10.3. The summed E-state index contributed by atoms with van der Waals surface area (Å²) in [6, 6.07) is 11.8. The highest BCUT2D eigenvalue weighted by atomic mass is 16.5. The van der Waals surface area contributed by atoms with Gasteiger partial charge in [-0.15, -0.1) is 0 Å². The van der Waals surface area contributed by atoms with Gasteiger partial charge in [0, 0.05) is 26.2 Å². The average molecular weight is 425 g/mol. The molecule has 1 aliphatic heterocycles. The van der Waals surface area contributed by atoms with Crippen LogP contribution in [0.25, 0.3) is 0 Å². The van der Waals surface area contributed by atoms with Crippen LogP contribution < -0.4 is 9.47 Å². The van der Waals surface area contributed by atoms with Crippen molar-refractivity contribution >= 4 is 11.8 Å². The molecule has 0 spiro atoms. The molecule has 3 rings (SSSR count). The Morgan fingerprint density at radius 2 is 1.13 bits per heavy atom. The Morgan fingerprint density at radius 1 is 0.710 bits per heavy atom. The normalized spacial score (nSPS) is 14.2. The molecule has 2 aromatic rings. The zero-order valence-electron chi connectivity index (χ0n) is 18.9. The molecule has 6 heteroatoms. The number of carbonyl (C=O) groups excluding carboxylic acids is 2. The number of benzene rings is 2. The second-order valence-corrected chi connectivity index (χ2v) is 8.23. The van der Waals surface area contributed by atoms with Gasteiger partial charge in [-0.2, -0.15) is 0 Å². The molecule has 1 fully saturated rings. The molecule has 0 N–H and O–H groups in total. The minimum atomic E-state index is -0.0548. The van der Waals surface area contributed by atoms with Crippen molar-refractivity contribution in [3.05, 3.63) is 58.7 Å². The van der Waals surface area contributed by atoms with Crippen LogP contribution in [0.2, 0.25) is 0 Å². The molecule has 1 aliphatic rings. The number of nitrogens with zero attached hydrogens (tertiary/aromatic N) is 2. The molecule has 0 aromatic heterocycles. The van der Waals surface area contributed by atoms with Crippen LogP contribution in [0.15, 0.2) is 36.4 Å². The molecular weight excluding hydrogens is 392 g/mol. The zero-order chi connectivity index (χ0) is 22.4. The van der Waals surface area contributed by atoms with E-state index >= 15 is 0 Å². The van der Waals surface area contributed by atoms with Crippen molar-refractivity contribution < 1.29 is 19.1 Å². The van der Waals surface area contributed by atoms with E-state index in [0.717, 1.165) is 40.2 Å². The molecule has 31 heavy (non-hydrogen) atoms. The van der Waals surface area contributed by atoms with E-state index in [1.54, 1.807) is 9.80 Å². The Labute approximate surface area is 184 Å². The van der Waals surface area contributed by atoms with E-state index < -0.39 is 0 Å². The third-order valence-electron chi connectivity index (χ3n) is 5.56. The van der Waals surface area contributed by atoms with Crippen LogP contribution in [-0.2, 0) is 9.59 Å². The summed E-state index contributed by atoms with van der Waals surface area (Å²) in [5.41, 5.74) is 4.36. The van der Waals surface area contributed by atoms with Gasteiger partial charge in [0.15, 0.2) is 13.2 Å². The third-order valence-corrected chi connectivity index (χ3v) is 5.56. The molecule has 0 saturated carbocycles. The van der Waals surface area contributed by atoms with Crippen molar-refractivity contribution in [2.24, 2.45) is 0 Å². The summed E-state index contributed by atoms with van der Waals surface area (Å²) < 4.78 is 11.5. The molecule has 1 saturated heterocycles. The molecule has 2 aromatic carbocycles. The number of amides is 2. The van der Waals surface area contributed by atoms with Gasteiger partial charge in [-0.1, -0.05) is 35.4 Å². The first-order valence-electron chi connectivity index (χ1n) is 10.8. The van der Waals surface area contributed by atoms with Crippen LogP contribution in [0.4, 0.5) is 0 Å². The molecule has 166 valence electrons. The van der Waals surface area contributed by atoms with Gasteiger partial charge in [0.1, 0.15) is 11.5 Å². The lowest BCUT2D eigenvalue weighted by molar-refractivity contribution is -0.135. The van der Waals surface area contributed by atoms with E-state index in [4.69, 9.17) is 9.47 Å². The molecule has 0 unspecified atom stereocenters. The maximum Gasteiger partial charge on any atom is 0.260 e.